The van der Waals surface area contributed by atoms with Gasteiger partial charge >= 0.3 is 0 Å². The van der Waals surface area contributed by atoms with Crippen LogP contribution >= 0.6 is 0 Å². The van der Waals surface area contributed by atoms with E-state index in [1.165, 1.54) is 56.9 Å². The number of hydrogen-bond donors (Lipinski definition) is 2. The van der Waals surface area contributed by atoms with Gasteiger partial charge < -0.3 is 9.72 Å². The van der Waals surface area contributed by atoms with E-state index in [4.69, 9.17) is 9.72 Å². The minimum Gasteiger partial charge on any atom is -0.489 e. The van der Waals surface area contributed by atoms with Crippen LogP contribution in [0.5, 0.6) is 5.75 Å². The van der Waals surface area contributed by atoms with E-state index in [2.05, 4.69) is 36.2 Å². The second kappa shape index (κ2) is 9.57. The Morgan fingerprint density at radius 3 is 2.46 bits per heavy atom. The first-order chi connectivity index (χ1) is 18.3. The summed E-state index contributed by atoms with van der Waals surface area (Å²) < 4.78 is 6.25. The third-order valence-corrected chi connectivity index (χ3v) is 8.00. The number of rotatable bonds is 5. The topological polar surface area (TPSA) is 105 Å². The van der Waals surface area contributed by atoms with Gasteiger partial charge in [-0.2, -0.15) is 5.10 Å². The number of aromatic nitrogens is 7. The molecule has 2 N–H and O–H groups in total. The molecule has 2 saturated carbocycles. The molecule has 0 atom stereocenters. The SMILES string of the molecule is c1ncc(-c2cc3c(-c4nc5c(C6CCCCC6)cncc5[nH]4)n[nH]c3cn2)cc1OC1CCCCC1. The Bertz CT molecular complexity index is 1540. The van der Waals surface area contributed by atoms with Crippen molar-refractivity contribution in [2.45, 2.75) is 76.2 Å². The maximum absolute atomic E-state index is 6.25. The molecule has 5 aromatic rings. The molecule has 5 aromatic heterocycles. The van der Waals surface area contributed by atoms with Crippen molar-refractivity contribution in [1.29, 1.82) is 0 Å². The standard InChI is InChI=1S/C29H31N7O/c1-3-7-18(8-4-1)23-15-31-16-26-27(23)34-29(33-26)28-22-12-24(32-17-25(22)35-36-28)19-11-21(14-30-13-19)37-20-9-5-2-6-10-20/h11-18,20H,1-10H2,(H,33,34)(H,35,36). The van der Waals surface area contributed by atoms with E-state index < -0.39 is 0 Å². The number of imidazole rings is 1. The van der Waals surface area contributed by atoms with E-state index in [0.717, 1.165) is 63.3 Å². The first-order valence-electron chi connectivity index (χ1n) is 13.6. The highest BCUT2D eigenvalue weighted by molar-refractivity contribution is 5.94. The van der Waals surface area contributed by atoms with Crippen molar-refractivity contribution in [2.75, 3.05) is 0 Å². The van der Waals surface area contributed by atoms with Crippen molar-refractivity contribution in [3.05, 3.63) is 48.7 Å². The Morgan fingerprint density at radius 1 is 0.784 bits per heavy atom. The molecule has 0 aromatic carbocycles. The lowest BCUT2D eigenvalue weighted by molar-refractivity contribution is 0.154. The van der Waals surface area contributed by atoms with E-state index in [1.54, 1.807) is 6.20 Å². The van der Waals surface area contributed by atoms with Gasteiger partial charge in [-0.3, -0.25) is 20.1 Å². The lowest BCUT2D eigenvalue weighted by atomic mass is 9.84. The number of nitrogens with zero attached hydrogens (tertiary/aromatic N) is 5. The van der Waals surface area contributed by atoms with Crippen LogP contribution in [0.2, 0.25) is 0 Å². The van der Waals surface area contributed by atoms with Gasteiger partial charge in [0.25, 0.3) is 0 Å². The summed E-state index contributed by atoms with van der Waals surface area (Å²) in [6.07, 6.45) is 21.9. The van der Waals surface area contributed by atoms with Crippen LogP contribution in [-0.2, 0) is 0 Å². The molecule has 37 heavy (non-hydrogen) atoms. The summed E-state index contributed by atoms with van der Waals surface area (Å²) in [5.74, 6) is 2.08. The highest BCUT2D eigenvalue weighted by Crippen LogP contribution is 2.37. The largest absolute Gasteiger partial charge is 0.489 e. The summed E-state index contributed by atoms with van der Waals surface area (Å²) in [5, 5.41) is 8.71. The molecule has 0 aliphatic heterocycles. The molecule has 2 aliphatic rings. The normalized spacial score (nSPS) is 17.5. The molecule has 2 aliphatic carbocycles. The molecular formula is C29H31N7O. The first-order valence-corrected chi connectivity index (χ1v) is 13.6. The van der Waals surface area contributed by atoms with Crippen molar-refractivity contribution in [2.24, 2.45) is 0 Å². The Labute approximate surface area is 215 Å². The molecule has 0 amide bonds. The van der Waals surface area contributed by atoms with E-state index in [1.807, 2.05) is 30.9 Å². The molecule has 0 radical (unpaired) electrons. The third kappa shape index (κ3) is 4.34. The van der Waals surface area contributed by atoms with Gasteiger partial charge in [-0.1, -0.05) is 25.7 Å². The van der Waals surface area contributed by atoms with Crippen LogP contribution in [0.25, 0.3) is 44.7 Å². The zero-order valence-electron chi connectivity index (χ0n) is 20.9. The van der Waals surface area contributed by atoms with E-state index in [-0.39, 0.29) is 6.10 Å². The van der Waals surface area contributed by atoms with Crippen LogP contribution in [0.4, 0.5) is 0 Å². The molecule has 0 bridgehead atoms. The van der Waals surface area contributed by atoms with Crippen LogP contribution in [0.15, 0.2) is 43.1 Å². The van der Waals surface area contributed by atoms with Crippen molar-refractivity contribution in [3.8, 4) is 28.5 Å². The zero-order chi connectivity index (χ0) is 24.6. The number of fused-ring (bicyclic) bond motifs is 2. The summed E-state index contributed by atoms with van der Waals surface area (Å²) >= 11 is 0. The Morgan fingerprint density at radius 2 is 1.59 bits per heavy atom. The molecule has 188 valence electrons. The van der Waals surface area contributed by atoms with E-state index >= 15 is 0 Å². The summed E-state index contributed by atoms with van der Waals surface area (Å²) in [4.78, 5) is 22.2. The van der Waals surface area contributed by atoms with Crippen molar-refractivity contribution >= 4 is 21.9 Å². The maximum atomic E-state index is 6.25. The molecule has 8 heteroatoms. The number of hydrogen-bond acceptors (Lipinski definition) is 6. The molecule has 0 unspecified atom stereocenters. The number of ether oxygens (including phenoxy) is 1. The first kappa shape index (κ1) is 22.4. The highest BCUT2D eigenvalue weighted by Gasteiger charge is 2.22. The fourth-order valence-electron chi connectivity index (χ4n) is 6.03. The fourth-order valence-corrected chi connectivity index (χ4v) is 6.03. The molecule has 5 heterocycles. The van der Waals surface area contributed by atoms with Crippen LogP contribution in [0, 0.1) is 0 Å². The summed E-state index contributed by atoms with van der Waals surface area (Å²) in [6.45, 7) is 0. The fraction of sp³-hybridized carbons (Fsp3) is 0.414. The van der Waals surface area contributed by atoms with Gasteiger partial charge in [0, 0.05) is 28.9 Å². The van der Waals surface area contributed by atoms with Crippen LogP contribution in [-0.4, -0.2) is 41.2 Å². The summed E-state index contributed by atoms with van der Waals surface area (Å²) in [6, 6.07) is 4.10. The third-order valence-electron chi connectivity index (χ3n) is 8.00. The van der Waals surface area contributed by atoms with Crippen LogP contribution < -0.4 is 4.74 Å². The van der Waals surface area contributed by atoms with Gasteiger partial charge in [0.1, 0.15) is 11.4 Å². The predicted octanol–water partition coefficient (Wildman–Crippen LogP) is 6.72. The second-order valence-electron chi connectivity index (χ2n) is 10.5. The van der Waals surface area contributed by atoms with Gasteiger partial charge in [0.15, 0.2) is 5.82 Å². The minimum atomic E-state index is 0.280. The van der Waals surface area contributed by atoms with Crippen molar-refractivity contribution in [3.63, 3.8) is 0 Å². The lowest BCUT2D eigenvalue weighted by Gasteiger charge is -2.22. The monoisotopic (exact) mass is 493 g/mol. The minimum absolute atomic E-state index is 0.280. The molecule has 2 fully saturated rings. The van der Waals surface area contributed by atoms with E-state index in [0.29, 0.717) is 5.92 Å². The van der Waals surface area contributed by atoms with Gasteiger partial charge in [-0.15, -0.1) is 0 Å². The van der Waals surface area contributed by atoms with Gasteiger partial charge in [0.2, 0.25) is 0 Å². The van der Waals surface area contributed by atoms with Gasteiger partial charge in [-0.05, 0) is 56.6 Å². The molecule has 7 rings (SSSR count). The molecule has 0 saturated heterocycles. The van der Waals surface area contributed by atoms with Gasteiger partial charge in [0.05, 0.1) is 46.9 Å². The summed E-state index contributed by atoms with van der Waals surface area (Å²) in [7, 11) is 0. The number of pyridine rings is 3. The molecular weight excluding hydrogens is 462 g/mol. The Hall–Kier alpha value is -3.81. The Kier molecular flexibility index (Phi) is 5.79. The van der Waals surface area contributed by atoms with Gasteiger partial charge in [-0.25, -0.2) is 4.98 Å². The maximum Gasteiger partial charge on any atom is 0.159 e. The number of aromatic amines is 2. The smallest absolute Gasteiger partial charge is 0.159 e. The van der Waals surface area contributed by atoms with Crippen molar-refractivity contribution in [1.82, 2.24) is 35.1 Å². The number of H-pyrrole nitrogens is 2. The second-order valence-corrected chi connectivity index (χ2v) is 10.5. The quantitative estimate of drug-likeness (QED) is 0.282. The molecule has 8 nitrogen and oxygen atoms in total. The lowest BCUT2D eigenvalue weighted by Crippen LogP contribution is -2.19. The average Bonchev–Trinajstić information content (AvgIpc) is 3.58. The predicted molar refractivity (Wildman–Crippen MR) is 143 cm³/mol. The average molecular weight is 494 g/mol. The van der Waals surface area contributed by atoms with Crippen LogP contribution in [0.1, 0.15) is 75.7 Å². The highest BCUT2D eigenvalue weighted by atomic mass is 16.5. The number of nitrogens with one attached hydrogen (secondary N) is 2. The molecule has 0 spiro atoms. The van der Waals surface area contributed by atoms with Crippen LogP contribution in [0.3, 0.4) is 0 Å². The van der Waals surface area contributed by atoms with E-state index in [9.17, 15) is 0 Å². The summed E-state index contributed by atoms with van der Waals surface area (Å²) in [5.41, 5.74) is 6.63. The Balaban J connectivity index is 1.23. The van der Waals surface area contributed by atoms with Crippen molar-refractivity contribution < 1.29 is 4.74 Å². The zero-order valence-corrected chi connectivity index (χ0v) is 20.9.